The molecule has 27 heavy (non-hydrogen) atoms. The number of aromatic hydroxyl groups is 1. The average Bonchev–Trinajstić information content (AvgIpc) is 3.14. The predicted molar refractivity (Wildman–Crippen MR) is 119 cm³/mol. The largest absolute Gasteiger partial charge is 0.506 e. The van der Waals surface area contributed by atoms with Crippen LogP contribution in [-0.2, 0) is 4.74 Å². The van der Waals surface area contributed by atoms with Gasteiger partial charge in [0.1, 0.15) is 5.75 Å². The molecule has 0 aliphatic heterocycles. The van der Waals surface area contributed by atoms with E-state index < -0.39 is 0 Å². The third-order valence-corrected chi connectivity index (χ3v) is 5.19. The van der Waals surface area contributed by atoms with Crippen LogP contribution in [0.3, 0.4) is 0 Å². The first-order valence-corrected chi connectivity index (χ1v) is 10.6. The SMILES string of the molecule is CCOC(C)CBr.Clc1ccc(Cl)c2occc12.Oc1cc(Cl)ccc1Cl. The first kappa shape index (κ1) is 24.4. The standard InChI is InChI=1S/C8H4Cl2O.C6H4Cl2O.C5H11BrO/c9-6-1-2-7(10)8-5(6)3-4-11-8;7-4-1-2-5(8)6(9)3-4;1-3-7-5(2)4-6/h1-4H;1-3,9H;5H,3-4H2,1-2H3. The fourth-order valence-corrected chi connectivity index (χ4v) is 2.70. The zero-order chi connectivity index (χ0) is 20.4. The van der Waals surface area contributed by atoms with Gasteiger partial charge in [0.05, 0.1) is 27.4 Å². The van der Waals surface area contributed by atoms with Crippen molar-refractivity contribution in [1.82, 2.24) is 0 Å². The third-order valence-electron chi connectivity index (χ3n) is 3.09. The van der Waals surface area contributed by atoms with Gasteiger partial charge in [0, 0.05) is 28.4 Å². The number of fused-ring (bicyclic) bond motifs is 1. The van der Waals surface area contributed by atoms with Crippen LogP contribution in [0, 0.1) is 0 Å². The van der Waals surface area contributed by atoms with E-state index in [4.69, 9.17) is 60.7 Å². The highest BCUT2D eigenvalue weighted by atomic mass is 79.9. The minimum Gasteiger partial charge on any atom is -0.506 e. The van der Waals surface area contributed by atoms with Gasteiger partial charge >= 0.3 is 0 Å². The Hall–Kier alpha value is -0.620. The lowest BCUT2D eigenvalue weighted by Gasteiger charge is -2.04. The number of phenols is 1. The van der Waals surface area contributed by atoms with Crippen molar-refractivity contribution in [2.24, 2.45) is 0 Å². The number of phenolic OH excluding ortho intramolecular Hbond substituents is 1. The second kappa shape index (κ2) is 12.8. The topological polar surface area (TPSA) is 42.6 Å². The molecule has 0 saturated heterocycles. The lowest BCUT2D eigenvalue weighted by atomic mass is 10.2. The number of hydrogen-bond acceptors (Lipinski definition) is 3. The summed E-state index contributed by atoms with van der Waals surface area (Å²) >= 11 is 25.9. The molecule has 0 radical (unpaired) electrons. The van der Waals surface area contributed by atoms with E-state index in [0.29, 0.717) is 31.8 Å². The van der Waals surface area contributed by atoms with Crippen LogP contribution >= 0.6 is 62.3 Å². The third kappa shape index (κ3) is 8.51. The fourth-order valence-electron chi connectivity index (χ4n) is 1.81. The van der Waals surface area contributed by atoms with Crippen LogP contribution in [0.1, 0.15) is 13.8 Å². The Kier molecular flexibility index (Phi) is 11.5. The summed E-state index contributed by atoms with van der Waals surface area (Å²) in [5.41, 5.74) is 0.652. The highest BCUT2D eigenvalue weighted by Crippen LogP contribution is 2.30. The van der Waals surface area contributed by atoms with Gasteiger partial charge < -0.3 is 14.3 Å². The second-order valence-electron chi connectivity index (χ2n) is 5.21. The molecule has 0 amide bonds. The molecule has 148 valence electrons. The summed E-state index contributed by atoms with van der Waals surface area (Å²) in [5, 5.41) is 12.7. The second-order valence-corrected chi connectivity index (χ2v) is 7.51. The van der Waals surface area contributed by atoms with Crippen LogP contribution in [0.15, 0.2) is 47.1 Å². The molecule has 1 atom stereocenters. The van der Waals surface area contributed by atoms with Gasteiger partial charge in [0.15, 0.2) is 5.58 Å². The van der Waals surface area contributed by atoms with Gasteiger partial charge in [-0.3, -0.25) is 0 Å². The summed E-state index contributed by atoms with van der Waals surface area (Å²) in [5.74, 6) is 0.0177. The zero-order valence-corrected chi connectivity index (χ0v) is 19.3. The maximum Gasteiger partial charge on any atom is 0.153 e. The highest BCUT2D eigenvalue weighted by molar-refractivity contribution is 9.09. The quantitative estimate of drug-likeness (QED) is 0.356. The molecule has 2 aromatic carbocycles. The van der Waals surface area contributed by atoms with Crippen LogP contribution in [0.4, 0.5) is 0 Å². The predicted octanol–water partition coefficient (Wildman–Crippen LogP) is 8.24. The van der Waals surface area contributed by atoms with Crippen LogP contribution in [0.25, 0.3) is 11.0 Å². The van der Waals surface area contributed by atoms with Crippen molar-refractivity contribution in [3.05, 3.63) is 62.8 Å². The molecule has 1 aromatic heterocycles. The lowest BCUT2D eigenvalue weighted by molar-refractivity contribution is 0.0940. The van der Waals surface area contributed by atoms with Gasteiger partial charge in [-0.1, -0.05) is 62.3 Å². The number of alkyl halides is 1. The van der Waals surface area contributed by atoms with Crippen molar-refractivity contribution in [2.45, 2.75) is 20.0 Å². The molecule has 0 bridgehead atoms. The summed E-state index contributed by atoms with van der Waals surface area (Å²) in [4.78, 5) is 0. The molecule has 0 saturated carbocycles. The van der Waals surface area contributed by atoms with E-state index >= 15 is 0 Å². The molecule has 3 rings (SSSR count). The average molecular weight is 517 g/mol. The van der Waals surface area contributed by atoms with E-state index in [1.807, 2.05) is 13.8 Å². The molecule has 0 spiro atoms. The smallest absolute Gasteiger partial charge is 0.153 e. The Morgan fingerprint density at radius 1 is 1.04 bits per heavy atom. The normalized spacial score (nSPS) is 11.2. The number of benzene rings is 2. The lowest BCUT2D eigenvalue weighted by Crippen LogP contribution is -2.07. The monoisotopic (exact) mass is 514 g/mol. The summed E-state index contributed by atoms with van der Waals surface area (Å²) in [6.45, 7) is 4.85. The molecule has 0 aliphatic carbocycles. The molecule has 1 N–H and O–H groups in total. The molecule has 0 fully saturated rings. The molecule has 8 heteroatoms. The van der Waals surface area contributed by atoms with Gasteiger partial charge in [-0.15, -0.1) is 0 Å². The highest BCUT2D eigenvalue weighted by Gasteiger charge is 2.04. The molecule has 1 heterocycles. The zero-order valence-electron chi connectivity index (χ0n) is 14.7. The van der Waals surface area contributed by atoms with Gasteiger partial charge in [-0.05, 0) is 44.2 Å². The first-order valence-electron chi connectivity index (χ1n) is 7.92. The Morgan fingerprint density at radius 3 is 2.15 bits per heavy atom. The summed E-state index contributed by atoms with van der Waals surface area (Å²) in [6.07, 6.45) is 1.94. The number of rotatable bonds is 3. The van der Waals surface area contributed by atoms with E-state index in [1.165, 1.54) is 6.07 Å². The van der Waals surface area contributed by atoms with E-state index in [9.17, 15) is 0 Å². The molecule has 3 nitrogen and oxygen atoms in total. The number of ether oxygens (including phenoxy) is 1. The fraction of sp³-hybridized carbons (Fsp3) is 0.263. The number of hydrogen-bond donors (Lipinski definition) is 1. The Balaban J connectivity index is 0.000000209. The molecule has 0 aliphatic rings. The van der Waals surface area contributed by atoms with Crippen LogP contribution in [-0.4, -0.2) is 23.1 Å². The van der Waals surface area contributed by atoms with Crippen molar-refractivity contribution in [2.75, 3.05) is 11.9 Å². The van der Waals surface area contributed by atoms with Crippen LogP contribution in [0.5, 0.6) is 5.75 Å². The van der Waals surface area contributed by atoms with Crippen molar-refractivity contribution in [1.29, 1.82) is 0 Å². The summed E-state index contributed by atoms with van der Waals surface area (Å²) in [6, 6.07) is 9.81. The summed E-state index contributed by atoms with van der Waals surface area (Å²) in [7, 11) is 0. The van der Waals surface area contributed by atoms with E-state index in [-0.39, 0.29) is 5.75 Å². The maximum absolute atomic E-state index is 8.88. The Bertz CT molecular complexity index is 803. The van der Waals surface area contributed by atoms with E-state index in [0.717, 1.165) is 17.3 Å². The van der Waals surface area contributed by atoms with Gasteiger partial charge in [0.2, 0.25) is 0 Å². The van der Waals surface area contributed by atoms with Crippen molar-refractivity contribution < 1.29 is 14.3 Å². The van der Waals surface area contributed by atoms with Crippen molar-refractivity contribution in [3.8, 4) is 5.75 Å². The maximum atomic E-state index is 8.88. The van der Waals surface area contributed by atoms with E-state index in [1.54, 1.807) is 36.6 Å². The minimum atomic E-state index is 0.0177. The van der Waals surface area contributed by atoms with Crippen LogP contribution in [0.2, 0.25) is 20.1 Å². The van der Waals surface area contributed by atoms with Gasteiger partial charge in [0.25, 0.3) is 0 Å². The Morgan fingerprint density at radius 2 is 1.67 bits per heavy atom. The summed E-state index contributed by atoms with van der Waals surface area (Å²) < 4.78 is 10.3. The number of furan rings is 1. The van der Waals surface area contributed by atoms with Gasteiger partial charge in [-0.2, -0.15) is 0 Å². The molecule has 3 aromatic rings. The molecular formula is C19H19BrCl4O3. The van der Waals surface area contributed by atoms with Crippen LogP contribution < -0.4 is 0 Å². The van der Waals surface area contributed by atoms with Crippen molar-refractivity contribution in [3.63, 3.8) is 0 Å². The Labute approximate surface area is 187 Å². The minimum absolute atomic E-state index is 0.0177. The molecular weight excluding hydrogens is 498 g/mol. The van der Waals surface area contributed by atoms with Gasteiger partial charge in [-0.25, -0.2) is 0 Å². The number of halogens is 5. The molecule has 1 unspecified atom stereocenters. The van der Waals surface area contributed by atoms with E-state index in [2.05, 4.69) is 15.9 Å². The van der Waals surface area contributed by atoms with Crippen molar-refractivity contribution >= 4 is 73.3 Å². The first-order chi connectivity index (χ1) is 12.8.